The van der Waals surface area contributed by atoms with Gasteiger partial charge in [-0.15, -0.1) is 0 Å². The Morgan fingerprint density at radius 3 is 1.00 bits per heavy atom. The number of carbonyl (C=O) groups excluding carboxylic acids is 1. The molecule has 10 fully saturated rings. The Bertz CT molecular complexity index is 646. The fourth-order valence-corrected chi connectivity index (χ4v) is 88.0. The Labute approximate surface area is 76.8 Å². The molecule has 0 aliphatic carbocycles. The first-order valence-electron chi connectivity index (χ1n) is 6.12. The number of hydrogen-bond acceptors (Lipinski definition) is 2. The summed E-state index contributed by atoms with van der Waals surface area (Å²) in [5.41, 5.74) is 1.25. The molecular weight excluding hydrogens is 234 g/mol. The molecule has 1 spiro atoms. The average Bonchev–Trinajstić information content (AvgIpc) is 3.18. The van der Waals surface area contributed by atoms with Crippen molar-refractivity contribution in [1.82, 2.24) is 5.48 Å². The molecule has 2 N–H and O–H groups in total. The van der Waals surface area contributed by atoms with Gasteiger partial charge < -0.3 is 0 Å². The maximum atomic E-state index is 8.81. The van der Waals surface area contributed by atoms with Crippen LogP contribution < -0.4 is 5.48 Å². The quantitative estimate of drug-likeness (QED) is 0.323. The van der Waals surface area contributed by atoms with Gasteiger partial charge in [-0.2, -0.15) is 0 Å². The molecule has 10 rings (SSSR count). The van der Waals surface area contributed by atoms with Gasteiger partial charge in [0.15, 0.2) is 0 Å². The van der Waals surface area contributed by atoms with Crippen LogP contribution in [0, 0.1) is 0 Å². The molecule has 0 bridgehead atoms. The predicted molar refractivity (Wildman–Crippen MR) is 48.5 cm³/mol. The summed E-state index contributed by atoms with van der Waals surface area (Å²) >= 11 is 0. The van der Waals surface area contributed by atoms with E-state index in [4.69, 9.17) is 10.0 Å². The van der Waals surface area contributed by atoms with Crippen LogP contribution in [0.1, 0.15) is 0 Å². The number of nitrogens with one attached hydrogen (secondary N) is 1. The molecule has 4 heteroatoms. The molecule has 0 aromatic carbocycles. The van der Waals surface area contributed by atoms with E-state index >= 15 is 0 Å². The van der Waals surface area contributed by atoms with Crippen molar-refractivity contribution in [1.29, 1.82) is 0 Å². The van der Waals surface area contributed by atoms with Crippen molar-refractivity contribution in [3.63, 3.8) is 0 Å². The Morgan fingerprint density at radius 1 is 0.800 bits per heavy atom. The molecule has 0 saturated carbocycles. The first-order chi connectivity index (χ1) is 7.07. The number of carbonyl (C=O) groups is 1. The van der Waals surface area contributed by atoms with Crippen LogP contribution in [0.25, 0.3) is 0 Å². The maximum absolute atomic E-state index is 8.81. The van der Waals surface area contributed by atoms with Gasteiger partial charge in [0.05, 0.1) is 0 Å². The minimum atomic E-state index is -2.28. The minimum absolute atomic E-state index is 0.181. The van der Waals surface area contributed by atoms with Crippen molar-refractivity contribution in [3.05, 3.63) is 0 Å². The van der Waals surface area contributed by atoms with E-state index in [9.17, 15) is 0 Å². The molecule has 82 valence electrons. The molecule has 0 aromatic heterocycles. The number of hydrogen-bond donors (Lipinski definition) is 2. The van der Waals surface area contributed by atoms with Crippen LogP contribution >= 0.6 is 0 Å². The Morgan fingerprint density at radius 2 is 1.00 bits per heavy atom. The second-order valence-corrected chi connectivity index (χ2v) is 33.8. The molecule has 3 nitrogen and oxygen atoms in total. The summed E-state index contributed by atoms with van der Waals surface area (Å²) in [5.74, 6) is 0. The summed E-state index contributed by atoms with van der Waals surface area (Å²) < 4.78 is 0. The van der Waals surface area contributed by atoms with Gasteiger partial charge >= 0.3 is 54.7 Å². The summed E-state index contributed by atoms with van der Waals surface area (Å²) in [6.07, 6.45) is 0.181. The van der Waals surface area contributed by atoms with Crippen LogP contribution in [-0.4, -0.2) is 11.6 Å². The van der Waals surface area contributed by atoms with Crippen molar-refractivity contribution >= 4 is 6.41 Å². The summed E-state index contributed by atoms with van der Waals surface area (Å²) in [7, 11) is 0. The van der Waals surface area contributed by atoms with E-state index in [0.717, 1.165) is 0 Å². The van der Waals surface area contributed by atoms with Gasteiger partial charge in [0.1, 0.15) is 0 Å². The topological polar surface area (TPSA) is 49.3 Å². The van der Waals surface area contributed by atoms with Crippen LogP contribution in [0.5, 0.6) is 0 Å². The molecule has 0 radical (unpaired) electrons. The van der Waals surface area contributed by atoms with Crippen molar-refractivity contribution in [2.75, 3.05) is 0 Å². The molecule has 10 heterocycles. The van der Waals surface area contributed by atoms with Crippen molar-refractivity contribution in [2.45, 2.75) is 48.2 Å². The fraction of sp³-hybridized carbons (Fsp3) is 0.909. The van der Waals surface area contributed by atoms with Gasteiger partial charge in [-0.05, 0) is 0 Å². The zero-order valence-electron chi connectivity index (χ0n) is 8.06. The van der Waals surface area contributed by atoms with Crippen LogP contribution in [0.4, 0.5) is 0 Å². The number of rotatable bonds is 1. The fourth-order valence-electron chi connectivity index (χ4n) is 15.8. The Kier molecular flexibility index (Phi) is 0.145. The van der Waals surface area contributed by atoms with Crippen LogP contribution in [0.15, 0.2) is 0 Å². The third-order valence-electron chi connectivity index (χ3n) is 14.6. The van der Waals surface area contributed by atoms with E-state index in [-0.39, 0.29) is 6.41 Å². The van der Waals surface area contributed by atoms with Gasteiger partial charge in [0.25, 0.3) is 0 Å². The van der Waals surface area contributed by atoms with E-state index in [1.165, 1.54) is 5.48 Å². The summed E-state index contributed by atoms with van der Waals surface area (Å²) in [6, 6.07) is 0. The van der Waals surface area contributed by atoms with E-state index in [2.05, 4.69) is 0 Å². The molecule has 0 unspecified atom stereocenters. The second kappa shape index (κ2) is 0.395. The Hall–Kier alpha value is -0.0505. The normalized spacial score (nSPS) is 127. The summed E-state index contributed by atoms with van der Waals surface area (Å²) in [6.45, 7) is -2.28. The van der Waals surface area contributed by atoms with Crippen LogP contribution in [0.2, 0.25) is 48.2 Å². The zero-order valence-corrected chi connectivity index (χ0v) is 9.16. The van der Waals surface area contributed by atoms with Crippen molar-refractivity contribution < 1.29 is 16.5 Å². The van der Waals surface area contributed by atoms with Crippen molar-refractivity contribution in [3.8, 4) is 0 Å². The Balaban J connectivity index is 0.000000121. The van der Waals surface area contributed by atoms with E-state index in [0.29, 0.717) is 0 Å². The molecule has 10 aliphatic heterocycles. The molecule has 0 aromatic rings. The standard InChI is InChI=1S/2C5H5.CH3NO2.Fe/c2*1-2-4-5-3-1;3-1-2-4;/h2*1-5H;1,4H,(H,2,3);. The third-order valence-corrected chi connectivity index (χ3v) is 56.5. The van der Waals surface area contributed by atoms with Crippen LogP contribution in [-0.2, 0) is 11.3 Å². The first-order valence-corrected chi connectivity index (χ1v) is 12.5. The molecule has 10 aliphatic rings. The average molecular weight is 247 g/mol. The number of fused-ring (bicyclic) bond motifs is 10. The summed E-state index contributed by atoms with van der Waals surface area (Å²) in [5, 5.41) is 7.26. The van der Waals surface area contributed by atoms with Gasteiger partial charge in [-0.1, -0.05) is 0 Å². The molecular formula is C11H13FeNO2. The van der Waals surface area contributed by atoms with E-state index in [1.54, 1.807) is 48.2 Å². The van der Waals surface area contributed by atoms with Crippen LogP contribution in [0.3, 0.4) is 0 Å². The van der Waals surface area contributed by atoms with E-state index < -0.39 is 6.51 Å². The SMILES string of the molecule is O=CNO.[CH]12[CH]3[CH]4[CH]5[CH]1[Fe]23451678[CH]2[CH]1[CH]6[CH]7[CH]28. The monoisotopic (exact) mass is 247 g/mol. The molecule has 10 saturated heterocycles. The molecule has 1 amide bonds. The first kappa shape index (κ1) is 5.52. The van der Waals surface area contributed by atoms with Crippen molar-refractivity contribution in [2.24, 2.45) is 0 Å². The molecule has 0 atom stereocenters. The van der Waals surface area contributed by atoms with Gasteiger partial charge in [-0.25, -0.2) is 5.48 Å². The number of hydroxylamine groups is 1. The summed E-state index contributed by atoms with van der Waals surface area (Å²) in [4.78, 5) is 24.7. The number of amides is 1. The predicted octanol–water partition coefficient (Wildman–Crippen LogP) is 2.50. The molecule has 15 heavy (non-hydrogen) atoms. The van der Waals surface area contributed by atoms with Gasteiger partial charge in [0.2, 0.25) is 6.41 Å². The zero-order chi connectivity index (χ0) is 9.50. The van der Waals surface area contributed by atoms with E-state index in [1.807, 2.05) is 0 Å². The van der Waals surface area contributed by atoms with Gasteiger partial charge in [-0.3, -0.25) is 10.0 Å². The second-order valence-electron chi connectivity index (χ2n) is 9.83. The van der Waals surface area contributed by atoms with Gasteiger partial charge in [0, 0.05) is 0 Å². The third kappa shape index (κ3) is 0.0493.